The van der Waals surface area contributed by atoms with Gasteiger partial charge in [0.25, 0.3) is 5.91 Å². The summed E-state index contributed by atoms with van der Waals surface area (Å²) < 4.78 is 42.0. The van der Waals surface area contributed by atoms with Gasteiger partial charge in [0.05, 0.1) is 4.88 Å². The number of amidine groups is 1. The molecular formula is C20H16F3N3O3S. The maximum Gasteiger partial charge on any atom is 0.573 e. The van der Waals surface area contributed by atoms with Gasteiger partial charge in [-0.1, -0.05) is 23.4 Å². The van der Waals surface area contributed by atoms with E-state index in [4.69, 9.17) is 4.84 Å². The maximum atomic E-state index is 12.8. The molecule has 1 aliphatic heterocycles. The van der Waals surface area contributed by atoms with Gasteiger partial charge in [-0.05, 0) is 55.6 Å². The van der Waals surface area contributed by atoms with E-state index in [0.29, 0.717) is 10.4 Å². The van der Waals surface area contributed by atoms with Crippen LogP contribution in [0.2, 0.25) is 0 Å². The Bertz CT molecular complexity index is 1090. The number of hydrazine groups is 1. The van der Waals surface area contributed by atoms with Crippen molar-refractivity contribution in [1.29, 1.82) is 0 Å². The van der Waals surface area contributed by atoms with Crippen molar-refractivity contribution in [2.24, 2.45) is 5.16 Å². The molecular weight excluding hydrogens is 419 g/mol. The van der Waals surface area contributed by atoms with Gasteiger partial charge in [-0.15, -0.1) is 24.5 Å². The van der Waals surface area contributed by atoms with Crippen molar-refractivity contribution in [3.63, 3.8) is 0 Å². The van der Waals surface area contributed by atoms with Crippen molar-refractivity contribution in [3.8, 4) is 5.75 Å². The molecule has 1 aromatic heterocycles. The number of rotatable bonds is 4. The molecule has 30 heavy (non-hydrogen) atoms. The van der Waals surface area contributed by atoms with Crippen LogP contribution in [-0.2, 0) is 4.84 Å². The summed E-state index contributed by atoms with van der Waals surface area (Å²) in [7, 11) is 0. The average Bonchev–Trinajstić information content (AvgIpc) is 3.23. The molecule has 1 amide bonds. The Labute approximate surface area is 173 Å². The van der Waals surface area contributed by atoms with Crippen LogP contribution in [0.25, 0.3) is 10.1 Å². The lowest BCUT2D eigenvalue weighted by molar-refractivity contribution is -0.274. The number of nitrogens with one attached hydrogen (secondary N) is 1. The second-order valence-corrected chi connectivity index (χ2v) is 8.03. The normalized spacial score (nSPS) is 15.6. The fourth-order valence-corrected chi connectivity index (χ4v) is 3.87. The second kappa shape index (κ2) is 7.21. The molecule has 0 radical (unpaired) electrons. The Morgan fingerprint density at radius 2 is 1.87 bits per heavy atom. The average molecular weight is 435 g/mol. The Balaban J connectivity index is 1.56. The van der Waals surface area contributed by atoms with Gasteiger partial charge in [0, 0.05) is 10.3 Å². The zero-order valence-electron chi connectivity index (χ0n) is 15.9. The lowest BCUT2D eigenvalue weighted by Gasteiger charge is -2.30. The van der Waals surface area contributed by atoms with Gasteiger partial charge in [0.1, 0.15) is 5.75 Å². The summed E-state index contributed by atoms with van der Waals surface area (Å²) in [5.74, 6) is -0.446. The smallest absolute Gasteiger partial charge is 0.406 e. The van der Waals surface area contributed by atoms with Gasteiger partial charge >= 0.3 is 6.36 Å². The zero-order valence-corrected chi connectivity index (χ0v) is 16.7. The number of carbonyl (C=O) groups excluding carboxylic acids is 1. The van der Waals surface area contributed by atoms with Crippen molar-refractivity contribution in [3.05, 3.63) is 65.0 Å². The summed E-state index contributed by atoms with van der Waals surface area (Å²) in [5.41, 5.74) is 2.24. The van der Waals surface area contributed by atoms with Gasteiger partial charge in [0.2, 0.25) is 5.72 Å². The molecule has 1 N–H and O–H groups in total. The van der Waals surface area contributed by atoms with Crippen molar-refractivity contribution in [2.75, 3.05) is 0 Å². The molecule has 156 valence electrons. The highest BCUT2D eigenvalue weighted by molar-refractivity contribution is 7.20. The number of ether oxygens (including phenoxy) is 1. The number of nitrogens with zero attached hydrogens (tertiary/aromatic N) is 2. The van der Waals surface area contributed by atoms with Crippen LogP contribution in [0.3, 0.4) is 0 Å². The van der Waals surface area contributed by atoms with Crippen LogP contribution in [0.15, 0.2) is 59.8 Å². The molecule has 0 atom stereocenters. The summed E-state index contributed by atoms with van der Waals surface area (Å²) in [6.07, 6.45) is -4.78. The number of benzene rings is 2. The first kappa shape index (κ1) is 20.0. The fourth-order valence-electron chi connectivity index (χ4n) is 2.92. The SMILES string of the molecule is CC1(C)ON=C(c2ccc(OC(F)(F)F)cc2)N1NC(=O)c1cc2ccccc2s1. The van der Waals surface area contributed by atoms with Crippen LogP contribution in [0.4, 0.5) is 13.2 Å². The summed E-state index contributed by atoms with van der Waals surface area (Å²) in [5, 5.41) is 6.40. The van der Waals surface area contributed by atoms with Crippen LogP contribution in [0, 0.1) is 0 Å². The summed E-state index contributed by atoms with van der Waals surface area (Å²) in [6, 6.07) is 14.6. The number of hydrogen-bond acceptors (Lipinski definition) is 6. The molecule has 0 saturated carbocycles. The minimum atomic E-state index is -4.78. The van der Waals surface area contributed by atoms with Crippen molar-refractivity contribution in [2.45, 2.75) is 25.9 Å². The van der Waals surface area contributed by atoms with Crippen LogP contribution in [0.1, 0.15) is 29.1 Å². The first-order valence-corrected chi connectivity index (χ1v) is 9.66. The molecule has 4 rings (SSSR count). The first-order chi connectivity index (χ1) is 14.1. The van der Waals surface area contributed by atoms with E-state index in [1.165, 1.54) is 40.6 Å². The van der Waals surface area contributed by atoms with Gasteiger partial charge < -0.3 is 9.57 Å². The Morgan fingerprint density at radius 1 is 1.17 bits per heavy atom. The van der Waals surface area contributed by atoms with E-state index in [-0.39, 0.29) is 17.5 Å². The lowest BCUT2D eigenvalue weighted by Crippen LogP contribution is -2.54. The molecule has 1 aliphatic rings. The topological polar surface area (TPSA) is 63.2 Å². The highest BCUT2D eigenvalue weighted by atomic mass is 32.1. The van der Waals surface area contributed by atoms with Crippen LogP contribution < -0.4 is 10.2 Å². The number of fused-ring (bicyclic) bond motifs is 1. The largest absolute Gasteiger partial charge is 0.573 e. The zero-order chi connectivity index (χ0) is 21.5. The summed E-state index contributed by atoms with van der Waals surface area (Å²) >= 11 is 1.35. The van der Waals surface area contributed by atoms with E-state index in [1.54, 1.807) is 19.9 Å². The molecule has 10 heteroatoms. The third-order valence-corrected chi connectivity index (χ3v) is 5.43. The molecule has 2 aromatic carbocycles. The van der Waals surface area contributed by atoms with Crippen LogP contribution in [0.5, 0.6) is 5.75 Å². The molecule has 0 fully saturated rings. The van der Waals surface area contributed by atoms with Gasteiger partial charge in [-0.2, -0.15) is 0 Å². The number of hydrogen-bond donors (Lipinski definition) is 1. The molecule has 0 bridgehead atoms. The number of oxime groups is 1. The predicted molar refractivity (Wildman–Crippen MR) is 106 cm³/mol. The van der Waals surface area contributed by atoms with E-state index in [0.717, 1.165) is 10.1 Å². The summed E-state index contributed by atoms with van der Waals surface area (Å²) in [6.45, 7) is 3.41. The quantitative estimate of drug-likeness (QED) is 0.635. The fraction of sp³-hybridized carbons (Fsp3) is 0.200. The van der Waals surface area contributed by atoms with Crippen molar-refractivity contribution in [1.82, 2.24) is 10.4 Å². The molecule has 0 saturated heterocycles. The lowest BCUT2D eigenvalue weighted by atomic mass is 10.1. The monoisotopic (exact) mass is 435 g/mol. The number of thiophene rings is 1. The van der Waals surface area contributed by atoms with Crippen LogP contribution >= 0.6 is 11.3 Å². The first-order valence-electron chi connectivity index (χ1n) is 8.84. The number of amides is 1. The molecule has 6 nitrogen and oxygen atoms in total. The van der Waals surface area contributed by atoms with Crippen LogP contribution in [-0.4, -0.2) is 28.8 Å². The predicted octanol–water partition coefficient (Wildman–Crippen LogP) is 4.87. The van der Waals surface area contributed by atoms with Gasteiger partial charge in [-0.25, -0.2) is 5.01 Å². The maximum absolute atomic E-state index is 12.8. The minimum absolute atomic E-state index is 0.257. The third kappa shape index (κ3) is 4.04. The Kier molecular flexibility index (Phi) is 4.81. The Hall–Kier alpha value is -3.27. The van der Waals surface area contributed by atoms with E-state index in [1.807, 2.05) is 24.3 Å². The molecule has 0 spiro atoms. The van der Waals surface area contributed by atoms with E-state index in [9.17, 15) is 18.0 Å². The van der Waals surface area contributed by atoms with E-state index in [2.05, 4.69) is 15.3 Å². The molecule has 3 aromatic rings. The molecule has 2 heterocycles. The van der Waals surface area contributed by atoms with Crippen molar-refractivity contribution >= 4 is 33.2 Å². The minimum Gasteiger partial charge on any atom is -0.406 e. The Morgan fingerprint density at radius 3 is 2.53 bits per heavy atom. The van der Waals surface area contributed by atoms with E-state index < -0.39 is 12.1 Å². The standard InChI is InChI=1S/C20H16F3N3O3S/c1-19(2)26(24-18(27)16-11-13-5-3-4-6-15(13)30-16)17(25-29-19)12-7-9-14(10-8-12)28-20(21,22)23/h3-11H,1-2H3,(H,24,27). The van der Waals surface area contributed by atoms with Gasteiger partial charge in [0.15, 0.2) is 5.84 Å². The van der Waals surface area contributed by atoms with Gasteiger partial charge in [-0.3, -0.25) is 10.2 Å². The highest BCUT2D eigenvalue weighted by Gasteiger charge is 2.40. The molecule has 0 unspecified atom stereocenters. The number of halogens is 3. The third-order valence-electron chi connectivity index (χ3n) is 4.31. The van der Waals surface area contributed by atoms with Crippen molar-refractivity contribution < 1.29 is 27.5 Å². The highest BCUT2D eigenvalue weighted by Crippen LogP contribution is 2.29. The second-order valence-electron chi connectivity index (χ2n) is 6.95. The molecule has 0 aliphatic carbocycles. The number of carbonyl (C=O) groups is 1. The number of alkyl halides is 3. The summed E-state index contributed by atoms with van der Waals surface area (Å²) in [4.78, 5) is 18.8. The van der Waals surface area contributed by atoms with E-state index >= 15 is 0 Å².